The molecule has 6 heteroatoms. The first kappa shape index (κ1) is 19.0. The summed E-state index contributed by atoms with van der Waals surface area (Å²) in [5.41, 5.74) is 1.55. The molecule has 0 aliphatic carbocycles. The van der Waals surface area contributed by atoms with E-state index >= 15 is 0 Å². The fourth-order valence-electron chi connectivity index (χ4n) is 2.32. The third kappa shape index (κ3) is 5.35. The normalized spacial score (nSPS) is 12.0. The number of benzene rings is 2. The number of methoxy groups -OCH3 is 1. The van der Waals surface area contributed by atoms with Gasteiger partial charge in [0.05, 0.1) is 13.2 Å². The second-order valence-electron chi connectivity index (χ2n) is 5.65. The summed E-state index contributed by atoms with van der Waals surface area (Å²) in [4.78, 5) is 12.3. The van der Waals surface area contributed by atoms with Gasteiger partial charge >= 0.3 is 0 Å². The molecule has 0 spiro atoms. The molecule has 2 aromatic carbocycles. The van der Waals surface area contributed by atoms with E-state index in [9.17, 15) is 14.4 Å². The largest absolute Gasteiger partial charge is 0.497 e. The molecule has 1 unspecified atom stereocenters. The van der Waals surface area contributed by atoms with Crippen LogP contribution in [0.5, 0.6) is 5.75 Å². The molecule has 0 bridgehead atoms. The highest BCUT2D eigenvalue weighted by Gasteiger charge is 2.13. The summed E-state index contributed by atoms with van der Waals surface area (Å²) in [7, 11) is 1.58. The van der Waals surface area contributed by atoms with Gasteiger partial charge in [0.1, 0.15) is 23.2 Å². The maximum Gasteiger partial charge on any atom is 0.263 e. The number of nitriles is 1. The average molecular weight is 353 g/mol. The molecule has 134 valence electrons. The Hall–Kier alpha value is -3.33. The maximum atomic E-state index is 13.1. The van der Waals surface area contributed by atoms with Crippen LogP contribution >= 0.6 is 0 Å². The molecular weight excluding hydrogens is 333 g/mol. The zero-order valence-electron chi connectivity index (χ0n) is 14.6. The van der Waals surface area contributed by atoms with Gasteiger partial charge in [-0.1, -0.05) is 24.3 Å². The number of carbonyl (C=O) groups is 1. The smallest absolute Gasteiger partial charge is 0.263 e. The van der Waals surface area contributed by atoms with E-state index in [-0.39, 0.29) is 17.4 Å². The molecule has 0 heterocycles. The van der Waals surface area contributed by atoms with E-state index in [0.29, 0.717) is 12.1 Å². The minimum atomic E-state index is -0.484. The standard InChI is InChI=1S/C20H20FN3O2/c1-14(16-6-8-19(26-2)9-7-16)24-20(25)17(11-22)13-23-12-15-4-3-5-18(21)10-15/h3-10,13-14,23H,12H2,1-2H3,(H,24,25)/b17-13-. The number of hydrogen-bond donors (Lipinski definition) is 2. The Balaban J connectivity index is 1.95. The highest BCUT2D eigenvalue weighted by Crippen LogP contribution is 2.17. The van der Waals surface area contributed by atoms with Crippen LogP contribution in [0.2, 0.25) is 0 Å². The second kappa shape index (κ2) is 9.23. The summed E-state index contributed by atoms with van der Waals surface area (Å²) in [5, 5.41) is 14.8. The predicted octanol–water partition coefficient (Wildman–Crippen LogP) is 3.21. The first-order valence-electron chi connectivity index (χ1n) is 8.06. The van der Waals surface area contributed by atoms with Gasteiger partial charge in [-0.3, -0.25) is 4.79 Å². The van der Waals surface area contributed by atoms with E-state index < -0.39 is 5.91 Å². The quantitative estimate of drug-likeness (QED) is 0.592. The Bertz CT molecular complexity index is 826. The van der Waals surface area contributed by atoms with Crippen LogP contribution in [-0.4, -0.2) is 13.0 Å². The fraction of sp³-hybridized carbons (Fsp3) is 0.200. The molecule has 0 saturated heterocycles. The zero-order chi connectivity index (χ0) is 18.9. The number of amides is 1. The molecule has 2 aromatic rings. The lowest BCUT2D eigenvalue weighted by Gasteiger charge is -2.14. The summed E-state index contributed by atoms with van der Waals surface area (Å²) in [6.07, 6.45) is 1.33. The van der Waals surface area contributed by atoms with Crippen LogP contribution in [0.1, 0.15) is 24.1 Å². The van der Waals surface area contributed by atoms with Crippen molar-refractivity contribution in [1.82, 2.24) is 10.6 Å². The lowest BCUT2D eigenvalue weighted by atomic mass is 10.1. The van der Waals surface area contributed by atoms with Crippen LogP contribution < -0.4 is 15.4 Å². The first-order chi connectivity index (χ1) is 12.5. The molecule has 5 nitrogen and oxygen atoms in total. The van der Waals surface area contributed by atoms with Crippen LogP contribution in [0.3, 0.4) is 0 Å². The highest BCUT2D eigenvalue weighted by atomic mass is 19.1. The molecule has 0 radical (unpaired) electrons. The molecule has 1 atom stereocenters. The van der Waals surface area contributed by atoms with E-state index in [1.165, 1.54) is 18.3 Å². The maximum absolute atomic E-state index is 13.1. The number of nitrogens with zero attached hydrogens (tertiary/aromatic N) is 1. The minimum absolute atomic E-state index is 0.0539. The summed E-state index contributed by atoms with van der Waals surface area (Å²) in [6.45, 7) is 2.14. The first-order valence-corrected chi connectivity index (χ1v) is 8.06. The van der Waals surface area contributed by atoms with Crippen LogP contribution in [0.4, 0.5) is 4.39 Å². The van der Waals surface area contributed by atoms with E-state index in [2.05, 4.69) is 10.6 Å². The highest BCUT2D eigenvalue weighted by molar-refractivity contribution is 5.97. The number of rotatable bonds is 7. The number of ether oxygens (including phenoxy) is 1. The van der Waals surface area contributed by atoms with Gasteiger partial charge in [-0.15, -0.1) is 0 Å². The molecule has 26 heavy (non-hydrogen) atoms. The van der Waals surface area contributed by atoms with Crippen LogP contribution in [0.25, 0.3) is 0 Å². The van der Waals surface area contributed by atoms with Gasteiger partial charge in [-0.25, -0.2) is 4.39 Å². The van der Waals surface area contributed by atoms with E-state index in [1.807, 2.05) is 25.1 Å². The van der Waals surface area contributed by atoms with Gasteiger partial charge in [0.15, 0.2) is 0 Å². The monoisotopic (exact) mass is 353 g/mol. The number of carbonyl (C=O) groups excluding carboxylic acids is 1. The van der Waals surface area contributed by atoms with Crippen LogP contribution in [0.15, 0.2) is 60.3 Å². The zero-order valence-corrected chi connectivity index (χ0v) is 14.6. The van der Waals surface area contributed by atoms with Crippen LogP contribution in [-0.2, 0) is 11.3 Å². The van der Waals surface area contributed by atoms with Gasteiger partial charge < -0.3 is 15.4 Å². The predicted molar refractivity (Wildman–Crippen MR) is 96.5 cm³/mol. The Morgan fingerprint density at radius 1 is 1.31 bits per heavy atom. The Morgan fingerprint density at radius 2 is 2.04 bits per heavy atom. The summed E-state index contributed by atoms with van der Waals surface area (Å²) in [5.74, 6) is -0.0890. The lowest BCUT2D eigenvalue weighted by molar-refractivity contribution is -0.117. The van der Waals surface area contributed by atoms with Crippen molar-refractivity contribution < 1.29 is 13.9 Å². The van der Waals surface area contributed by atoms with Crippen molar-refractivity contribution in [2.45, 2.75) is 19.5 Å². The lowest BCUT2D eigenvalue weighted by Crippen LogP contribution is -2.28. The van der Waals surface area contributed by atoms with Crippen molar-refractivity contribution in [3.05, 3.63) is 77.2 Å². The Kier molecular flexibility index (Phi) is 6.75. The van der Waals surface area contributed by atoms with E-state index in [4.69, 9.17) is 4.74 Å². The molecule has 0 aliphatic heterocycles. The summed E-state index contributed by atoms with van der Waals surface area (Å²) in [6, 6.07) is 15.0. The molecule has 0 aliphatic rings. The molecule has 1 amide bonds. The third-order valence-corrected chi connectivity index (χ3v) is 3.77. The SMILES string of the molecule is COc1ccc(C(C)NC(=O)/C(C#N)=C\NCc2cccc(F)c2)cc1. The average Bonchev–Trinajstić information content (AvgIpc) is 2.65. The summed E-state index contributed by atoms with van der Waals surface area (Å²) < 4.78 is 18.2. The molecule has 0 saturated carbocycles. The number of hydrogen-bond acceptors (Lipinski definition) is 4. The molecule has 2 rings (SSSR count). The molecule has 2 N–H and O–H groups in total. The van der Waals surface area contributed by atoms with Gasteiger partial charge in [0, 0.05) is 12.7 Å². The van der Waals surface area contributed by atoms with Crippen molar-refractivity contribution >= 4 is 5.91 Å². The van der Waals surface area contributed by atoms with E-state index in [1.54, 1.807) is 31.4 Å². The fourth-order valence-corrected chi connectivity index (χ4v) is 2.32. The Morgan fingerprint density at radius 3 is 2.65 bits per heavy atom. The van der Waals surface area contributed by atoms with Gasteiger partial charge in [-0.2, -0.15) is 5.26 Å². The summed E-state index contributed by atoms with van der Waals surface area (Å²) >= 11 is 0. The van der Waals surface area contributed by atoms with Gasteiger partial charge in [-0.05, 0) is 42.3 Å². The van der Waals surface area contributed by atoms with Gasteiger partial charge in [0.2, 0.25) is 0 Å². The van der Waals surface area contributed by atoms with Crippen molar-refractivity contribution in [2.75, 3.05) is 7.11 Å². The van der Waals surface area contributed by atoms with Crippen LogP contribution in [0, 0.1) is 17.1 Å². The molecule has 0 fully saturated rings. The topological polar surface area (TPSA) is 74.1 Å². The number of nitrogens with one attached hydrogen (secondary N) is 2. The third-order valence-electron chi connectivity index (χ3n) is 3.77. The second-order valence-corrected chi connectivity index (χ2v) is 5.65. The number of halogens is 1. The minimum Gasteiger partial charge on any atom is -0.497 e. The van der Waals surface area contributed by atoms with Crippen molar-refractivity contribution in [2.24, 2.45) is 0 Å². The molecular formula is C20H20FN3O2. The Labute approximate surface area is 152 Å². The van der Waals surface area contributed by atoms with Crippen molar-refractivity contribution in [3.8, 4) is 11.8 Å². The molecule has 0 aromatic heterocycles. The van der Waals surface area contributed by atoms with Crippen molar-refractivity contribution in [1.29, 1.82) is 5.26 Å². The van der Waals surface area contributed by atoms with Gasteiger partial charge in [0.25, 0.3) is 5.91 Å². The van der Waals surface area contributed by atoms with E-state index in [0.717, 1.165) is 11.3 Å². The van der Waals surface area contributed by atoms with Crippen molar-refractivity contribution in [3.63, 3.8) is 0 Å².